The summed E-state index contributed by atoms with van der Waals surface area (Å²) in [5.41, 5.74) is 1.26. The number of nitrogens with one attached hydrogen (secondary N) is 3. The molecule has 0 unspecified atom stereocenters. The van der Waals surface area contributed by atoms with Crippen molar-refractivity contribution in [1.82, 2.24) is 9.71 Å². The molecular weight excluding hydrogens is 392 g/mol. The molecule has 2 amide bonds. The number of rotatable bonds is 7. The highest BCUT2D eigenvalue weighted by Gasteiger charge is 2.14. The van der Waals surface area contributed by atoms with E-state index in [9.17, 15) is 18.0 Å². The van der Waals surface area contributed by atoms with Crippen molar-refractivity contribution in [2.45, 2.75) is 18.2 Å². The first-order valence-electron chi connectivity index (χ1n) is 8.86. The summed E-state index contributed by atoms with van der Waals surface area (Å²) in [5.74, 6) is -0.188. The van der Waals surface area contributed by atoms with E-state index >= 15 is 0 Å². The van der Waals surface area contributed by atoms with Crippen molar-refractivity contribution < 1.29 is 18.0 Å². The van der Waals surface area contributed by atoms with Crippen LogP contribution in [0.25, 0.3) is 10.9 Å². The van der Waals surface area contributed by atoms with Crippen LogP contribution >= 0.6 is 0 Å². The number of nitrogens with zero attached hydrogens (tertiary/aromatic N) is 1. The Bertz CT molecular complexity index is 1140. The normalized spacial score (nSPS) is 11.2. The van der Waals surface area contributed by atoms with Crippen LogP contribution in [0.3, 0.4) is 0 Å². The Morgan fingerprint density at radius 3 is 2.38 bits per heavy atom. The number of benzene rings is 2. The molecule has 2 aromatic carbocycles. The van der Waals surface area contributed by atoms with Crippen LogP contribution in [-0.2, 0) is 19.6 Å². The van der Waals surface area contributed by atoms with Crippen molar-refractivity contribution in [3.8, 4) is 0 Å². The fourth-order valence-corrected chi connectivity index (χ4v) is 3.68. The number of pyridine rings is 1. The Labute approximate surface area is 168 Å². The number of carbonyl (C=O) groups is 2. The molecule has 3 N–H and O–H groups in total. The number of amides is 2. The quantitative estimate of drug-likeness (QED) is 0.551. The smallest absolute Gasteiger partial charge is 0.240 e. The molecule has 29 heavy (non-hydrogen) atoms. The molecular formula is C20H20N4O4S. The lowest BCUT2D eigenvalue weighted by Gasteiger charge is -2.09. The maximum Gasteiger partial charge on any atom is 0.240 e. The van der Waals surface area contributed by atoms with Crippen LogP contribution in [0.5, 0.6) is 0 Å². The zero-order valence-electron chi connectivity index (χ0n) is 15.7. The lowest BCUT2D eigenvalue weighted by Crippen LogP contribution is -2.28. The van der Waals surface area contributed by atoms with E-state index in [4.69, 9.17) is 0 Å². The molecule has 0 aliphatic carbocycles. The van der Waals surface area contributed by atoms with E-state index in [0.717, 1.165) is 10.9 Å². The predicted octanol–water partition coefficient (Wildman–Crippen LogP) is 2.50. The number of fused-ring (bicyclic) bond motifs is 1. The van der Waals surface area contributed by atoms with Gasteiger partial charge in [0.05, 0.1) is 10.4 Å². The van der Waals surface area contributed by atoms with E-state index in [0.29, 0.717) is 11.5 Å². The Morgan fingerprint density at radius 1 is 0.931 bits per heavy atom. The van der Waals surface area contributed by atoms with Crippen molar-refractivity contribution in [2.75, 3.05) is 17.2 Å². The SMILES string of the molecule is CC(=O)Nc1ccc(S(=O)(=O)NCCC(=O)Nc2ccc3ccccc3n2)cc1. The summed E-state index contributed by atoms with van der Waals surface area (Å²) < 4.78 is 27.0. The number of aromatic nitrogens is 1. The summed E-state index contributed by atoms with van der Waals surface area (Å²) in [5, 5.41) is 6.18. The number of para-hydroxylation sites is 1. The van der Waals surface area contributed by atoms with Gasteiger partial charge in [0.25, 0.3) is 0 Å². The molecule has 1 aromatic heterocycles. The monoisotopic (exact) mass is 412 g/mol. The molecule has 1 heterocycles. The van der Waals surface area contributed by atoms with Crippen molar-refractivity contribution in [3.05, 3.63) is 60.7 Å². The molecule has 150 valence electrons. The standard InChI is InChI=1S/C20H20N4O4S/c1-14(25)22-16-7-9-17(10-8-16)29(27,28)21-13-12-20(26)24-19-11-6-15-4-2-3-5-18(15)23-19/h2-11,21H,12-13H2,1H3,(H,22,25)(H,23,24,26). The first-order valence-corrected chi connectivity index (χ1v) is 10.3. The Kier molecular flexibility index (Phi) is 6.20. The Balaban J connectivity index is 1.53. The molecule has 0 bridgehead atoms. The van der Waals surface area contributed by atoms with Crippen LogP contribution in [0.1, 0.15) is 13.3 Å². The minimum absolute atomic E-state index is 0.0439. The molecule has 9 heteroatoms. The van der Waals surface area contributed by atoms with Gasteiger partial charge in [-0.15, -0.1) is 0 Å². The third-order valence-electron chi connectivity index (χ3n) is 4.00. The van der Waals surface area contributed by atoms with E-state index in [2.05, 4.69) is 20.3 Å². The van der Waals surface area contributed by atoms with Gasteiger partial charge < -0.3 is 10.6 Å². The maximum atomic E-state index is 12.3. The van der Waals surface area contributed by atoms with Gasteiger partial charge in [-0.05, 0) is 42.5 Å². The summed E-state index contributed by atoms with van der Waals surface area (Å²) in [6.45, 7) is 1.31. The van der Waals surface area contributed by atoms with Crippen LogP contribution in [-0.4, -0.2) is 31.8 Å². The number of hydrogen-bond acceptors (Lipinski definition) is 5. The Hall–Kier alpha value is -3.30. The molecule has 0 aliphatic rings. The minimum Gasteiger partial charge on any atom is -0.326 e. The molecule has 8 nitrogen and oxygen atoms in total. The van der Waals surface area contributed by atoms with Gasteiger partial charge in [0.1, 0.15) is 5.82 Å². The first kappa shape index (κ1) is 20.4. The van der Waals surface area contributed by atoms with Crippen LogP contribution in [0, 0.1) is 0 Å². The topological polar surface area (TPSA) is 117 Å². The van der Waals surface area contributed by atoms with Crippen molar-refractivity contribution in [3.63, 3.8) is 0 Å². The highest BCUT2D eigenvalue weighted by atomic mass is 32.2. The van der Waals surface area contributed by atoms with Gasteiger partial charge in [0.2, 0.25) is 21.8 Å². The summed E-state index contributed by atoms with van der Waals surface area (Å²) in [6, 6.07) is 16.8. The van der Waals surface area contributed by atoms with Gasteiger partial charge in [0, 0.05) is 31.0 Å². The van der Waals surface area contributed by atoms with E-state index in [1.165, 1.54) is 31.2 Å². The third-order valence-corrected chi connectivity index (χ3v) is 5.47. The van der Waals surface area contributed by atoms with E-state index in [1.54, 1.807) is 6.07 Å². The van der Waals surface area contributed by atoms with E-state index in [1.807, 2.05) is 30.3 Å². The zero-order chi connectivity index (χ0) is 20.9. The van der Waals surface area contributed by atoms with Crippen molar-refractivity contribution >= 4 is 44.2 Å². The highest BCUT2D eigenvalue weighted by molar-refractivity contribution is 7.89. The second-order valence-corrected chi connectivity index (χ2v) is 8.06. The number of anilines is 2. The fourth-order valence-electron chi connectivity index (χ4n) is 2.64. The van der Waals surface area contributed by atoms with Gasteiger partial charge in [0.15, 0.2) is 0 Å². The third kappa shape index (κ3) is 5.59. The largest absolute Gasteiger partial charge is 0.326 e. The van der Waals surface area contributed by atoms with Gasteiger partial charge >= 0.3 is 0 Å². The summed E-state index contributed by atoms with van der Waals surface area (Å²) in [7, 11) is -3.76. The predicted molar refractivity (Wildman–Crippen MR) is 111 cm³/mol. The lowest BCUT2D eigenvalue weighted by molar-refractivity contribution is -0.116. The molecule has 0 fully saturated rings. The molecule has 0 saturated carbocycles. The molecule has 0 spiro atoms. The van der Waals surface area contributed by atoms with E-state index < -0.39 is 10.0 Å². The molecule has 0 atom stereocenters. The van der Waals surface area contributed by atoms with Gasteiger partial charge in [-0.2, -0.15) is 0 Å². The van der Waals surface area contributed by atoms with Gasteiger partial charge in [-0.1, -0.05) is 18.2 Å². The summed E-state index contributed by atoms with van der Waals surface area (Å²) in [6.07, 6.45) is -0.0439. The van der Waals surface area contributed by atoms with Gasteiger partial charge in [-0.3, -0.25) is 9.59 Å². The minimum atomic E-state index is -3.76. The van der Waals surface area contributed by atoms with Crippen molar-refractivity contribution in [2.24, 2.45) is 0 Å². The maximum absolute atomic E-state index is 12.3. The van der Waals surface area contributed by atoms with Crippen molar-refractivity contribution in [1.29, 1.82) is 0 Å². The van der Waals surface area contributed by atoms with E-state index in [-0.39, 0.29) is 29.7 Å². The number of hydrogen-bond donors (Lipinski definition) is 3. The van der Waals surface area contributed by atoms with Crippen LogP contribution in [0.4, 0.5) is 11.5 Å². The summed E-state index contributed by atoms with van der Waals surface area (Å²) in [4.78, 5) is 27.5. The molecule has 3 rings (SSSR count). The highest BCUT2D eigenvalue weighted by Crippen LogP contribution is 2.15. The van der Waals surface area contributed by atoms with Crippen LogP contribution in [0.15, 0.2) is 65.6 Å². The fraction of sp³-hybridized carbons (Fsp3) is 0.150. The Morgan fingerprint density at radius 2 is 1.66 bits per heavy atom. The van der Waals surface area contributed by atoms with Crippen LogP contribution < -0.4 is 15.4 Å². The first-order chi connectivity index (χ1) is 13.8. The molecule has 0 saturated heterocycles. The molecule has 3 aromatic rings. The average Bonchev–Trinajstić information content (AvgIpc) is 2.67. The second-order valence-electron chi connectivity index (χ2n) is 6.29. The molecule has 0 aliphatic heterocycles. The zero-order valence-corrected chi connectivity index (χ0v) is 16.5. The van der Waals surface area contributed by atoms with Crippen LogP contribution in [0.2, 0.25) is 0 Å². The number of carbonyl (C=O) groups excluding carboxylic acids is 2. The second kappa shape index (κ2) is 8.80. The van der Waals surface area contributed by atoms with Gasteiger partial charge in [-0.25, -0.2) is 18.1 Å². The average molecular weight is 412 g/mol. The lowest BCUT2D eigenvalue weighted by atomic mass is 10.2. The molecule has 0 radical (unpaired) electrons. The number of sulfonamides is 1. The summed E-state index contributed by atoms with van der Waals surface area (Å²) >= 11 is 0.